The van der Waals surface area contributed by atoms with E-state index in [1.807, 2.05) is 19.0 Å². The molecule has 0 aliphatic heterocycles. The Kier molecular flexibility index (Phi) is 6.14. The van der Waals surface area contributed by atoms with E-state index >= 15 is 0 Å². The quantitative estimate of drug-likeness (QED) is 0.747. The smallest absolute Gasteiger partial charge is 0.244 e. The van der Waals surface area contributed by atoms with Crippen LogP contribution < -0.4 is 14.4 Å². The van der Waals surface area contributed by atoms with Gasteiger partial charge in [-0.05, 0) is 31.2 Å². The van der Waals surface area contributed by atoms with Gasteiger partial charge >= 0.3 is 0 Å². The standard InChI is InChI=1S/C15H19BrN4O3S/c1-4-23-12-6-5-11(16)9-13(12)24(21,22)18-10-14-17-8-7-15(19-14)20(2)3/h5-9,18H,4,10H2,1-3H3. The molecule has 1 N–H and O–H groups in total. The summed E-state index contributed by atoms with van der Waals surface area (Å²) in [5, 5.41) is 0. The number of hydrogen-bond acceptors (Lipinski definition) is 6. The van der Waals surface area contributed by atoms with E-state index in [4.69, 9.17) is 4.74 Å². The van der Waals surface area contributed by atoms with Gasteiger partial charge in [-0.1, -0.05) is 15.9 Å². The lowest BCUT2D eigenvalue weighted by molar-refractivity contribution is 0.331. The highest BCUT2D eigenvalue weighted by molar-refractivity contribution is 9.10. The van der Waals surface area contributed by atoms with Gasteiger partial charge in [-0.3, -0.25) is 0 Å². The zero-order chi connectivity index (χ0) is 17.7. The van der Waals surface area contributed by atoms with Crippen molar-refractivity contribution in [1.29, 1.82) is 0 Å². The number of hydrogen-bond donors (Lipinski definition) is 1. The van der Waals surface area contributed by atoms with Gasteiger partial charge in [0.15, 0.2) is 0 Å². The first-order chi connectivity index (χ1) is 11.3. The number of rotatable bonds is 7. The van der Waals surface area contributed by atoms with Crippen LogP contribution in [0.4, 0.5) is 5.82 Å². The van der Waals surface area contributed by atoms with E-state index in [9.17, 15) is 8.42 Å². The second-order valence-electron chi connectivity index (χ2n) is 5.07. The van der Waals surface area contributed by atoms with Gasteiger partial charge < -0.3 is 9.64 Å². The molecule has 0 atom stereocenters. The van der Waals surface area contributed by atoms with E-state index in [2.05, 4.69) is 30.6 Å². The Hall–Kier alpha value is -1.71. The van der Waals surface area contributed by atoms with Crippen LogP contribution in [-0.4, -0.2) is 39.1 Å². The zero-order valence-electron chi connectivity index (χ0n) is 13.7. The number of halogens is 1. The largest absolute Gasteiger partial charge is 0.492 e. The molecule has 0 saturated carbocycles. The summed E-state index contributed by atoms with van der Waals surface area (Å²) in [5.41, 5.74) is 0. The van der Waals surface area contributed by atoms with Crippen LogP contribution in [0.25, 0.3) is 0 Å². The topological polar surface area (TPSA) is 84.4 Å². The summed E-state index contributed by atoms with van der Waals surface area (Å²) in [6, 6.07) is 6.60. The summed E-state index contributed by atoms with van der Waals surface area (Å²) in [6.07, 6.45) is 1.59. The minimum absolute atomic E-state index is 0.0118. The second-order valence-corrected chi connectivity index (χ2v) is 7.73. The molecule has 0 aliphatic rings. The van der Waals surface area contributed by atoms with Gasteiger partial charge in [0.05, 0.1) is 13.2 Å². The number of nitrogens with one attached hydrogen (secondary N) is 1. The third kappa shape index (κ3) is 4.65. The van der Waals surface area contributed by atoms with Crippen molar-refractivity contribution in [2.45, 2.75) is 18.4 Å². The van der Waals surface area contributed by atoms with Crippen LogP contribution in [0.15, 0.2) is 39.8 Å². The highest BCUT2D eigenvalue weighted by Crippen LogP contribution is 2.27. The number of aromatic nitrogens is 2. The van der Waals surface area contributed by atoms with E-state index < -0.39 is 10.0 Å². The van der Waals surface area contributed by atoms with Crippen LogP contribution in [-0.2, 0) is 16.6 Å². The Morgan fingerprint density at radius 3 is 2.71 bits per heavy atom. The van der Waals surface area contributed by atoms with Gasteiger partial charge in [0.25, 0.3) is 0 Å². The third-order valence-corrected chi connectivity index (χ3v) is 4.98. The maximum Gasteiger partial charge on any atom is 0.244 e. The molecule has 1 heterocycles. The monoisotopic (exact) mass is 414 g/mol. The average molecular weight is 415 g/mol. The summed E-state index contributed by atoms with van der Waals surface area (Å²) in [6.45, 7) is 2.16. The minimum atomic E-state index is -3.77. The molecule has 0 saturated heterocycles. The Morgan fingerprint density at radius 2 is 2.04 bits per heavy atom. The SMILES string of the molecule is CCOc1ccc(Br)cc1S(=O)(=O)NCc1nccc(N(C)C)n1. The fourth-order valence-corrected chi connectivity index (χ4v) is 3.59. The van der Waals surface area contributed by atoms with Crippen molar-refractivity contribution in [2.75, 3.05) is 25.6 Å². The van der Waals surface area contributed by atoms with Crippen LogP contribution in [0.5, 0.6) is 5.75 Å². The minimum Gasteiger partial charge on any atom is -0.492 e. The van der Waals surface area contributed by atoms with Gasteiger partial charge in [0.2, 0.25) is 10.0 Å². The average Bonchev–Trinajstić information content (AvgIpc) is 2.55. The van der Waals surface area contributed by atoms with Crippen molar-refractivity contribution in [3.8, 4) is 5.75 Å². The predicted molar refractivity (Wildman–Crippen MR) is 95.7 cm³/mol. The molecule has 24 heavy (non-hydrogen) atoms. The van der Waals surface area contributed by atoms with Crippen LogP contribution in [0.1, 0.15) is 12.7 Å². The summed E-state index contributed by atoms with van der Waals surface area (Å²) < 4.78 is 33.8. The molecule has 0 aliphatic carbocycles. The zero-order valence-corrected chi connectivity index (χ0v) is 16.1. The van der Waals surface area contributed by atoms with Gasteiger partial charge in [0, 0.05) is 24.8 Å². The molecule has 130 valence electrons. The van der Waals surface area contributed by atoms with E-state index in [1.165, 1.54) is 6.07 Å². The first-order valence-electron chi connectivity index (χ1n) is 7.24. The Balaban J connectivity index is 2.23. The summed E-state index contributed by atoms with van der Waals surface area (Å²) >= 11 is 3.28. The number of ether oxygens (including phenoxy) is 1. The number of nitrogens with zero attached hydrogens (tertiary/aromatic N) is 3. The molecular formula is C15H19BrN4O3S. The summed E-state index contributed by atoms with van der Waals surface area (Å²) in [5.74, 6) is 1.39. The Morgan fingerprint density at radius 1 is 1.29 bits per heavy atom. The molecule has 0 spiro atoms. The maximum absolute atomic E-state index is 12.6. The van der Waals surface area contributed by atoms with Gasteiger partial charge in [-0.25, -0.2) is 23.1 Å². The highest BCUT2D eigenvalue weighted by Gasteiger charge is 2.20. The maximum atomic E-state index is 12.6. The molecule has 7 nitrogen and oxygen atoms in total. The summed E-state index contributed by atoms with van der Waals surface area (Å²) in [7, 11) is -0.0589. The molecule has 1 aromatic carbocycles. The first kappa shape index (κ1) is 18.6. The molecule has 9 heteroatoms. The van der Waals surface area contributed by atoms with Crippen LogP contribution in [0.3, 0.4) is 0 Å². The highest BCUT2D eigenvalue weighted by atomic mass is 79.9. The van der Waals surface area contributed by atoms with E-state index in [-0.39, 0.29) is 11.4 Å². The first-order valence-corrected chi connectivity index (χ1v) is 9.52. The molecule has 0 bridgehead atoms. The molecule has 0 unspecified atom stereocenters. The molecule has 1 aromatic heterocycles. The van der Waals surface area contributed by atoms with Gasteiger partial charge in [-0.15, -0.1) is 0 Å². The van der Waals surface area contributed by atoms with Crippen molar-refractivity contribution >= 4 is 31.8 Å². The fraction of sp³-hybridized carbons (Fsp3) is 0.333. The Labute approximate surface area is 150 Å². The Bertz CT molecular complexity index is 812. The molecule has 0 amide bonds. The van der Waals surface area contributed by atoms with E-state index in [0.717, 1.165) is 0 Å². The second kappa shape index (κ2) is 7.91. The van der Waals surface area contributed by atoms with Crippen molar-refractivity contribution < 1.29 is 13.2 Å². The van der Waals surface area contributed by atoms with Crippen molar-refractivity contribution in [1.82, 2.24) is 14.7 Å². The number of benzene rings is 1. The molecular weight excluding hydrogens is 396 g/mol. The van der Waals surface area contributed by atoms with Crippen molar-refractivity contribution in [3.63, 3.8) is 0 Å². The molecule has 2 aromatic rings. The molecule has 0 fully saturated rings. The predicted octanol–water partition coefficient (Wildman–Crippen LogP) is 2.18. The van der Waals surface area contributed by atoms with Crippen molar-refractivity contribution in [2.24, 2.45) is 0 Å². The lowest BCUT2D eigenvalue weighted by atomic mass is 10.3. The number of anilines is 1. The van der Waals surface area contributed by atoms with Gasteiger partial charge in [-0.2, -0.15) is 0 Å². The van der Waals surface area contributed by atoms with Crippen LogP contribution in [0, 0.1) is 0 Å². The summed E-state index contributed by atoms with van der Waals surface area (Å²) in [4.78, 5) is 10.3. The van der Waals surface area contributed by atoms with Crippen molar-refractivity contribution in [3.05, 3.63) is 40.8 Å². The lowest BCUT2D eigenvalue weighted by Gasteiger charge is -2.13. The van der Waals surface area contributed by atoms with Crippen LogP contribution in [0.2, 0.25) is 0 Å². The number of sulfonamides is 1. The molecule has 0 radical (unpaired) electrons. The van der Waals surface area contributed by atoms with Gasteiger partial charge in [0.1, 0.15) is 22.3 Å². The van der Waals surface area contributed by atoms with Crippen LogP contribution >= 0.6 is 15.9 Å². The lowest BCUT2D eigenvalue weighted by Crippen LogP contribution is -2.25. The third-order valence-electron chi connectivity index (χ3n) is 3.06. The van der Waals surface area contributed by atoms with E-state index in [0.29, 0.717) is 28.5 Å². The van der Waals surface area contributed by atoms with E-state index in [1.54, 1.807) is 31.3 Å². The molecule has 2 rings (SSSR count). The fourth-order valence-electron chi connectivity index (χ4n) is 1.93. The normalized spacial score (nSPS) is 11.3.